The second-order valence-corrected chi connectivity index (χ2v) is 15.7. The summed E-state index contributed by atoms with van der Waals surface area (Å²) >= 11 is 0. The van der Waals surface area contributed by atoms with E-state index in [4.69, 9.17) is 0 Å². The Hall–Kier alpha value is -7.94. The Bertz CT molecular complexity index is 3460. The van der Waals surface area contributed by atoms with Crippen LogP contribution in [0.4, 0.5) is 0 Å². The highest BCUT2D eigenvalue weighted by molar-refractivity contribution is 6.22. The normalized spacial score (nSPS) is 11.7. The summed E-state index contributed by atoms with van der Waals surface area (Å²) in [6.07, 6.45) is 0. The van der Waals surface area contributed by atoms with Crippen LogP contribution in [0.25, 0.3) is 110 Å². The number of nitrogens with zero attached hydrogens (tertiary/aromatic N) is 2. The van der Waals surface area contributed by atoms with Crippen LogP contribution >= 0.6 is 0 Å². The Morgan fingerprint density at radius 3 is 1.47 bits per heavy atom. The fourth-order valence-corrected chi connectivity index (χ4v) is 9.56. The van der Waals surface area contributed by atoms with Gasteiger partial charge in [0.05, 0.1) is 27.8 Å². The first-order valence-corrected chi connectivity index (χ1v) is 20.7. The van der Waals surface area contributed by atoms with Crippen molar-refractivity contribution in [2.45, 2.75) is 0 Å². The lowest BCUT2D eigenvalue weighted by molar-refractivity contribution is 1.18. The zero-order valence-corrected chi connectivity index (χ0v) is 32.8. The van der Waals surface area contributed by atoms with Crippen molar-refractivity contribution in [2.75, 3.05) is 0 Å². The summed E-state index contributed by atoms with van der Waals surface area (Å²) in [5.41, 5.74) is 16.8. The van der Waals surface area contributed by atoms with E-state index in [9.17, 15) is 0 Å². The smallest absolute Gasteiger partial charge is 0.0619 e. The molecule has 0 spiro atoms. The Balaban J connectivity index is 1.02. The van der Waals surface area contributed by atoms with Crippen molar-refractivity contribution >= 4 is 54.4 Å². The molecule has 0 saturated heterocycles. The fraction of sp³-hybridized carbons (Fsp3) is 0. The van der Waals surface area contributed by atoms with Crippen LogP contribution in [0.15, 0.2) is 231 Å². The number of benzene rings is 10. The first-order valence-electron chi connectivity index (χ1n) is 20.7. The molecule has 2 nitrogen and oxygen atoms in total. The maximum absolute atomic E-state index is 2.46. The molecule has 2 heterocycles. The van der Waals surface area contributed by atoms with Gasteiger partial charge in [-0.25, -0.2) is 0 Å². The molecule has 12 aromatic rings. The molecule has 0 atom stereocenters. The van der Waals surface area contributed by atoms with Crippen LogP contribution in [0.5, 0.6) is 0 Å². The van der Waals surface area contributed by atoms with Crippen molar-refractivity contribution in [3.05, 3.63) is 231 Å². The number of hydrogen-bond donors (Lipinski definition) is 0. The van der Waals surface area contributed by atoms with E-state index in [-0.39, 0.29) is 0 Å². The molecule has 0 bridgehead atoms. The van der Waals surface area contributed by atoms with Gasteiger partial charge in [-0.15, -0.1) is 0 Å². The molecule has 10 aromatic carbocycles. The molecule has 0 aliphatic heterocycles. The highest BCUT2D eigenvalue weighted by atomic mass is 15.0. The maximum atomic E-state index is 2.46. The number of hydrogen-bond acceptors (Lipinski definition) is 0. The molecule has 2 aromatic heterocycles. The van der Waals surface area contributed by atoms with E-state index in [1.165, 1.54) is 98.9 Å². The lowest BCUT2D eigenvalue weighted by atomic mass is 9.96. The SMILES string of the molecule is c1ccc(-c2ccc3c(c2)c2cc(-c4ccccc4)ccc2n3-c2ccccc2-c2ccc(-c3cccc4c3c3ccc5ccccc5c3n4-c3ccccc3)cc2)cc1. The summed E-state index contributed by atoms with van der Waals surface area (Å²) in [6.45, 7) is 0. The number of rotatable bonds is 6. The average molecular weight is 763 g/mol. The van der Waals surface area contributed by atoms with Crippen LogP contribution in [0, 0.1) is 0 Å². The monoisotopic (exact) mass is 762 g/mol. The first kappa shape index (κ1) is 34.1. The van der Waals surface area contributed by atoms with Gasteiger partial charge in [0.1, 0.15) is 0 Å². The van der Waals surface area contributed by atoms with Gasteiger partial charge in [0.2, 0.25) is 0 Å². The van der Waals surface area contributed by atoms with Gasteiger partial charge in [0.25, 0.3) is 0 Å². The molecular weight excluding hydrogens is 725 g/mol. The second-order valence-electron chi connectivity index (χ2n) is 15.7. The highest BCUT2D eigenvalue weighted by Gasteiger charge is 2.20. The van der Waals surface area contributed by atoms with Crippen LogP contribution < -0.4 is 0 Å². The first-order chi connectivity index (χ1) is 29.8. The Labute approximate surface area is 348 Å². The molecule has 2 heteroatoms. The van der Waals surface area contributed by atoms with Gasteiger partial charge >= 0.3 is 0 Å². The lowest BCUT2D eigenvalue weighted by Crippen LogP contribution is -1.97. The molecule has 0 fully saturated rings. The minimum Gasteiger partial charge on any atom is -0.309 e. The molecule has 0 saturated carbocycles. The van der Waals surface area contributed by atoms with E-state index in [2.05, 4.69) is 240 Å². The van der Waals surface area contributed by atoms with Gasteiger partial charge in [-0.05, 0) is 92.9 Å². The quantitative estimate of drug-likeness (QED) is 0.160. The zero-order chi connectivity index (χ0) is 39.6. The Morgan fingerprint density at radius 1 is 0.267 bits per heavy atom. The Kier molecular flexibility index (Phi) is 7.89. The van der Waals surface area contributed by atoms with Crippen LogP contribution in [0.1, 0.15) is 0 Å². The van der Waals surface area contributed by atoms with E-state index < -0.39 is 0 Å². The third-order valence-corrected chi connectivity index (χ3v) is 12.3. The molecular formula is C58H38N2. The Morgan fingerprint density at radius 2 is 0.800 bits per heavy atom. The standard InChI is InChI=1S/C58H38N2/c1-4-15-39(16-5-1)44-32-35-54-51(37-44)52-38-45(40-17-6-2-7-18-40)33-36-55(52)60(54)53-25-13-12-22-47(53)42-27-29-43(30-28-42)48-24-14-26-56-57(48)50-34-31-41-19-10-11-23-49(41)58(50)59(56)46-20-8-3-9-21-46/h1-38H. The second kappa shape index (κ2) is 13.9. The summed E-state index contributed by atoms with van der Waals surface area (Å²) in [5.74, 6) is 0. The fourth-order valence-electron chi connectivity index (χ4n) is 9.56. The van der Waals surface area contributed by atoms with Crippen molar-refractivity contribution in [2.24, 2.45) is 0 Å². The maximum Gasteiger partial charge on any atom is 0.0619 e. The number of fused-ring (bicyclic) bond motifs is 8. The van der Waals surface area contributed by atoms with Crippen LogP contribution in [0.3, 0.4) is 0 Å². The van der Waals surface area contributed by atoms with Crippen molar-refractivity contribution in [3.63, 3.8) is 0 Å². The van der Waals surface area contributed by atoms with Crippen molar-refractivity contribution < 1.29 is 0 Å². The van der Waals surface area contributed by atoms with Crippen molar-refractivity contribution in [1.82, 2.24) is 9.13 Å². The van der Waals surface area contributed by atoms with Crippen LogP contribution in [-0.2, 0) is 0 Å². The largest absolute Gasteiger partial charge is 0.309 e. The molecule has 0 aliphatic carbocycles. The van der Waals surface area contributed by atoms with Gasteiger partial charge in [-0.3, -0.25) is 0 Å². The number of para-hydroxylation sites is 2. The van der Waals surface area contributed by atoms with Crippen LogP contribution in [0.2, 0.25) is 0 Å². The summed E-state index contributed by atoms with van der Waals surface area (Å²) in [6, 6.07) is 84.1. The molecule has 0 unspecified atom stereocenters. The number of aromatic nitrogens is 2. The van der Waals surface area contributed by atoms with Gasteiger partial charge in [0.15, 0.2) is 0 Å². The zero-order valence-electron chi connectivity index (χ0n) is 32.8. The van der Waals surface area contributed by atoms with Gasteiger partial charge in [0, 0.05) is 38.2 Å². The topological polar surface area (TPSA) is 9.86 Å². The molecule has 0 radical (unpaired) electrons. The van der Waals surface area contributed by atoms with E-state index >= 15 is 0 Å². The van der Waals surface area contributed by atoms with E-state index in [1.807, 2.05) is 0 Å². The molecule has 12 rings (SSSR count). The van der Waals surface area contributed by atoms with Crippen LogP contribution in [-0.4, -0.2) is 9.13 Å². The molecule has 0 aliphatic rings. The van der Waals surface area contributed by atoms with Gasteiger partial charge < -0.3 is 9.13 Å². The minimum atomic E-state index is 1.16. The van der Waals surface area contributed by atoms with Crippen molar-refractivity contribution in [3.8, 4) is 55.9 Å². The molecule has 60 heavy (non-hydrogen) atoms. The predicted molar refractivity (Wildman–Crippen MR) is 254 cm³/mol. The van der Waals surface area contributed by atoms with Gasteiger partial charge in [-0.1, -0.05) is 182 Å². The predicted octanol–water partition coefficient (Wildman–Crippen LogP) is 15.7. The van der Waals surface area contributed by atoms with E-state index in [1.54, 1.807) is 0 Å². The third kappa shape index (κ3) is 5.42. The summed E-state index contributed by atoms with van der Waals surface area (Å²) < 4.78 is 4.90. The summed E-state index contributed by atoms with van der Waals surface area (Å²) in [5, 5.41) is 7.51. The summed E-state index contributed by atoms with van der Waals surface area (Å²) in [4.78, 5) is 0. The average Bonchev–Trinajstić information content (AvgIpc) is 3.85. The molecule has 280 valence electrons. The third-order valence-electron chi connectivity index (χ3n) is 12.3. The van der Waals surface area contributed by atoms with E-state index in [0.717, 1.165) is 11.4 Å². The van der Waals surface area contributed by atoms with Gasteiger partial charge in [-0.2, -0.15) is 0 Å². The molecule has 0 amide bonds. The van der Waals surface area contributed by atoms with E-state index in [0.29, 0.717) is 0 Å². The molecule has 0 N–H and O–H groups in total. The minimum absolute atomic E-state index is 1.16. The summed E-state index contributed by atoms with van der Waals surface area (Å²) in [7, 11) is 0. The van der Waals surface area contributed by atoms with Crippen molar-refractivity contribution in [1.29, 1.82) is 0 Å². The lowest BCUT2D eigenvalue weighted by Gasteiger charge is -2.15. The highest BCUT2D eigenvalue weighted by Crippen LogP contribution is 2.43.